The van der Waals surface area contributed by atoms with Gasteiger partial charge in [-0.1, -0.05) is 18.2 Å². The third-order valence-corrected chi connectivity index (χ3v) is 3.37. The van der Waals surface area contributed by atoms with Crippen LogP contribution < -0.4 is 11.1 Å². The van der Waals surface area contributed by atoms with Crippen LogP contribution in [-0.2, 0) is 6.42 Å². The van der Waals surface area contributed by atoms with E-state index < -0.39 is 0 Å². The van der Waals surface area contributed by atoms with Crippen LogP contribution in [0.4, 0.5) is 5.69 Å². The van der Waals surface area contributed by atoms with Crippen molar-refractivity contribution in [2.45, 2.75) is 20.3 Å². The number of aliphatic imine (C=N–C) groups is 1. The van der Waals surface area contributed by atoms with Crippen LogP contribution in [0, 0.1) is 13.8 Å². The topological polar surface area (TPSA) is 70.6 Å². The molecule has 22 heavy (non-hydrogen) atoms. The average molecular weight is 411 g/mol. The van der Waals surface area contributed by atoms with Crippen molar-refractivity contribution in [2.75, 3.05) is 11.9 Å². The first kappa shape index (κ1) is 18.3. The number of hydrogen-bond donors (Lipinski definition) is 3. The van der Waals surface area contributed by atoms with E-state index in [1.807, 2.05) is 24.3 Å². The molecule has 0 saturated carbocycles. The predicted octanol–water partition coefficient (Wildman–Crippen LogP) is 3.60. The fourth-order valence-corrected chi connectivity index (χ4v) is 2.02. The Hall–Kier alpha value is -1.76. The summed E-state index contributed by atoms with van der Waals surface area (Å²) >= 11 is 0. The fourth-order valence-electron chi connectivity index (χ4n) is 2.02. The molecule has 0 aliphatic carbocycles. The lowest BCUT2D eigenvalue weighted by atomic mass is 10.1. The zero-order valence-electron chi connectivity index (χ0n) is 12.8. The number of hydrogen-bond acceptors (Lipinski definition) is 2. The van der Waals surface area contributed by atoms with Gasteiger partial charge in [0.2, 0.25) is 0 Å². The summed E-state index contributed by atoms with van der Waals surface area (Å²) in [5.74, 6) is 0.677. The van der Waals surface area contributed by atoms with Crippen molar-refractivity contribution in [3.05, 3.63) is 59.2 Å². The molecule has 4 N–H and O–H groups in total. The summed E-state index contributed by atoms with van der Waals surface area (Å²) < 4.78 is 0. The first-order chi connectivity index (χ1) is 10.0. The van der Waals surface area contributed by atoms with E-state index in [0.717, 1.165) is 17.7 Å². The molecule has 0 saturated heterocycles. The van der Waals surface area contributed by atoms with E-state index in [1.165, 1.54) is 11.1 Å². The van der Waals surface area contributed by atoms with Crippen LogP contribution in [0.2, 0.25) is 0 Å². The van der Waals surface area contributed by atoms with Gasteiger partial charge in [-0.2, -0.15) is 0 Å². The highest BCUT2D eigenvalue weighted by molar-refractivity contribution is 14.0. The Kier molecular flexibility index (Phi) is 7.17. The zero-order valence-corrected chi connectivity index (χ0v) is 15.2. The summed E-state index contributed by atoms with van der Waals surface area (Å²) in [6.45, 7) is 4.72. The lowest BCUT2D eigenvalue weighted by Gasteiger charge is -2.08. The molecule has 0 aliphatic heterocycles. The second-order valence-electron chi connectivity index (χ2n) is 5.11. The van der Waals surface area contributed by atoms with E-state index in [2.05, 4.69) is 30.2 Å². The lowest BCUT2D eigenvalue weighted by molar-refractivity contribution is 0.474. The Labute approximate surface area is 148 Å². The van der Waals surface area contributed by atoms with Crippen LogP contribution in [0.15, 0.2) is 47.5 Å². The number of benzene rings is 2. The fraction of sp³-hybridized carbons (Fsp3) is 0.235. The molecule has 0 amide bonds. The van der Waals surface area contributed by atoms with Crippen molar-refractivity contribution in [1.82, 2.24) is 0 Å². The average Bonchev–Trinajstić information content (AvgIpc) is 2.43. The standard InChI is InChI=1S/C17H21N3O.HI/c1-12-6-7-15(10-13(12)2)20-17(18)19-9-8-14-4-3-5-16(21)11-14;/h3-7,10-11,21H,8-9H2,1-2H3,(H3,18,19,20);1H. The Morgan fingerprint density at radius 1 is 1.14 bits per heavy atom. The van der Waals surface area contributed by atoms with E-state index in [-0.39, 0.29) is 29.7 Å². The largest absolute Gasteiger partial charge is 0.508 e. The first-order valence-corrected chi connectivity index (χ1v) is 6.97. The monoisotopic (exact) mass is 411 g/mol. The van der Waals surface area contributed by atoms with E-state index in [0.29, 0.717) is 12.5 Å². The van der Waals surface area contributed by atoms with Crippen molar-refractivity contribution in [2.24, 2.45) is 10.7 Å². The molecule has 0 heterocycles. The highest BCUT2D eigenvalue weighted by atomic mass is 127. The van der Waals surface area contributed by atoms with Gasteiger partial charge in [-0.15, -0.1) is 24.0 Å². The van der Waals surface area contributed by atoms with Gasteiger partial charge in [0.15, 0.2) is 5.96 Å². The molecule has 4 nitrogen and oxygen atoms in total. The molecule has 2 rings (SSSR count). The van der Waals surface area contributed by atoms with Gasteiger partial charge in [0.1, 0.15) is 5.75 Å². The number of phenols is 1. The van der Waals surface area contributed by atoms with Gasteiger partial charge >= 0.3 is 0 Å². The van der Waals surface area contributed by atoms with E-state index in [1.54, 1.807) is 12.1 Å². The molecule has 2 aromatic carbocycles. The molecule has 0 bridgehead atoms. The lowest BCUT2D eigenvalue weighted by Crippen LogP contribution is -2.23. The van der Waals surface area contributed by atoms with Crippen molar-refractivity contribution >= 4 is 35.6 Å². The van der Waals surface area contributed by atoms with E-state index in [4.69, 9.17) is 5.73 Å². The number of nitrogens with zero attached hydrogens (tertiary/aromatic N) is 1. The van der Waals surface area contributed by atoms with Crippen molar-refractivity contribution < 1.29 is 5.11 Å². The number of halogens is 1. The minimum atomic E-state index is 0. The molecular weight excluding hydrogens is 389 g/mol. The Morgan fingerprint density at radius 2 is 1.91 bits per heavy atom. The second-order valence-corrected chi connectivity index (χ2v) is 5.11. The third kappa shape index (κ3) is 5.55. The Bertz CT molecular complexity index is 656. The minimum absolute atomic E-state index is 0. The smallest absolute Gasteiger partial charge is 0.193 e. The summed E-state index contributed by atoms with van der Waals surface area (Å²) in [6, 6.07) is 13.3. The predicted molar refractivity (Wildman–Crippen MR) is 103 cm³/mol. The van der Waals surface area contributed by atoms with Gasteiger partial charge in [-0.05, 0) is 61.2 Å². The third-order valence-electron chi connectivity index (χ3n) is 3.37. The molecule has 0 aromatic heterocycles. The van der Waals surface area contributed by atoms with Crippen LogP contribution in [0.3, 0.4) is 0 Å². The number of nitrogens with two attached hydrogens (primary N) is 1. The molecule has 0 unspecified atom stereocenters. The highest BCUT2D eigenvalue weighted by Gasteiger charge is 1.98. The van der Waals surface area contributed by atoms with Gasteiger partial charge in [0, 0.05) is 12.2 Å². The Balaban J connectivity index is 0.00000242. The Morgan fingerprint density at radius 3 is 2.59 bits per heavy atom. The van der Waals surface area contributed by atoms with Gasteiger partial charge in [0.25, 0.3) is 0 Å². The van der Waals surface area contributed by atoms with Crippen molar-refractivity contribution in [1.29, 1.82) is 0 Å². The maximum absolute atomic E-state index is 9.39. The molecule has 118 valence electrons. The van der Waals surface area contributed by atoms with Crippen LogP contribution in [0.1, 0.15) is 16.7 Å². The second kappa shape index (κ2) is 8.63. The molecule has 2 aromatic rings. The summed E-state index contributed by atoms with van der Waals surface area (Å²) in [5, 5.41) is 12.5. The maximum atomic E-state index is 9.39. The molecule has 0 fully saturated rings. The number of aryl methyl sites for hydroxylation is 2. The van der Waals surface area contributed by atoms with Crippen LogP contribution in [0.25, 0.3) is 0 Å². The number of guanidine groups is 1. The normalized spacial score (nSPS) is 10.9. The zero-order chi connectivity index (χ0) is 15.2. The molecule has 0 aliphatic rings. The molecule has 0 atom stereocenters. The number of aromatic hydroxyl groups is 1. The van der Waals surface area contributed by atoms with E-state index >= 15 is 0 Å². The SMILES string of the molecule is Cc1ccc(NC(N)=NCCc2cccc(O)c2)cc1C.I. The minimum Gasteiger partial charge on any atom is -0.508 e. The molecule has 0 radical (unpaired) electrons. The number of rotatable bonds is 4. The van der Waals surface area contributed by atoms with E-state index in [9.17, 15) is 5.11 Å². The summed E-state index contributed by atoms with van der Waals surface area (Å²) in [5.41, 5.74) is 10.3. The van der Waals surface area contributed by atoms with Crippen LogP contribution in [-0.4, -0.2) is 17.6 Å². The van der Waals surface area contributed by atoms with Crippen molar-refractivity contribution in [3.8, 4) is 5.75 Å². The number of anilines is 1. The number of nitrogens with one attached hydrogen (secondary N) is 1. The highest BCUT2D eigenvalue weighted by Crippen LogP contribution is 2.14. The maximum Gasteiger partial charge on any atom is 0.193 e. The first-order valence-electron chi connectivity index (χ1n) is 6.97. The summed E-state index contributed by atoms with van der Waals surface area (Å²) in [4.78, 5) is 4.30. The van der Waals surface area contributed by atoms with Gasteiger partial charge < -0.3 is 16.2 Å². The number of phenolic OH excluding ortho intramolecular Hbond substituents is 1. The summed E-state index contributed by atoms with van der Waals surface area (Å²) in [7, 11) is 0. The summed E-state index contributed by atoms with van der Waals surface area (Å²) in [6.07, 6.45) is 0.740. The molecular formula is C17H22IN3O. The van der Waals surface area contributed by atoms with Gasteiger partial charge in [0.05, 0.1) is 0 Å². The molecule has 0 spiro atoms. The van der Waals surface area contributed by atoms with Gasteiger partial charge in [-0.3, -0.25) is 4.99 Å². The van der Waals surface area contributed by atoms with Gasteiger partial charge in [-0.25, -0.2) is 0 Å². The molecule has 5 heteroatoms. The van der Waals surface area contributed by atoms with Crippen molar-refractivity contribution in [3.63, 3.8) is 0 Å². The quantitative estimate of drug-likeness (QED) is 0.409. The van der Waals surface area contributed by atoms with Crippen LogP contribution >= 0.6 is 24.0 Å². The van der Waals surface area contributed by atoms with Crippen LogP contribution in [0.5, 0.6) is 5.75 Å².